The first-order chi connectivity index (χ1) is 12.1. The second-order valence-electron chi connectivity index (χ2n) is 5.72. The van der Waals surface area contributed by atoms with Gasteiger partial charge in [-0.05, 0) is 36.2 Å². The Bertz CT molecular complexity index is 904. The summed E-state index contributed by atoms with van der Waals surface area (Å²) >= 11 is 0. The molecule has 0 aliphatic rings. The first-order valence-corrected chi connectivity index (χ1v) is 7.86. The van der Waals surface area contributed by atoms with Gasteiger partial charge >= 0.3 is 5.97 Å². The lowest BCUT2D eigenvalue weighted by atomic mass is 9.96. The van der Waals surface area contributed by atoms with E-state index in [0.29, 0.717) is 29.0 Å². The van der Waals surface area contributed by atoms with Gasteiger partial charge in [0, 0.05) is 11.1 Å². The molecular formula is C21H17FO3. The number of hydrogen-bond donors (Lipinski definition) is 1. The van der Waals surface area contributed by atoms with Crippen LogP contribution in [-0.2, 0) is 6.61 Å². The first-order valence-electron chi connectivity index (χ1n) is 7.86. The lowest BCUT2D eigenvalue weighted by Crippen LogP contribution is -2.03. The summed E-state index contributed by atoms with van der Waals surface area (Å²) in [5.41, 5.74) is 2.19. The fraction of sp³-hybridized carbons (Fsp3) is 0.0952. The third kappa shape index (κ3) is 3.69. The van der Waals surface area contributed by atoms with Gasteiger partial charge in [0.1, 0.15) is 18.2 Å². The average Bonchev–Trinajstić information content (AvgIpc) is 2.63. The van der Waals surface area contributed by atoms with Crippen LogP contribution >= 0.6 is 0 Å². The van der Waals surface area contributed by atoms with Crippen molar-refractivity contribution >= 4 is 5.97 Å². The monoisotopic (exact) mass is 336 g/mol. The zero-order chi connectivity index (χ0) is 17.8. The summed E-state index contributed by atoms with van der Waals surface area (Å²) in [5.74, 6) is -1.04. The molecule has 3 aromatic carbocycles. The van der Waals surface area contributed by atoms with E-state index >= 15 is 0 Å². The number of carbonyl (C=O) groups is 1. The molecular weight excluding hydrogens is 319 g/mol. The van der Waals surface area contributed by atoms with Crippen molar-refractivity contribution in [1.82, 2.24) is 0 Å². The number of aromatic carboxylic acids is 1. The smallest absolute Gasteiger partial charge is 0.336 e. The molecule has 0 atom stereocenters. The van der Waals surface area contributed by atoms with E-state index in [0.717, 1.165) is 5.56 Å². The van der Waals surface area contributed by atoms with Crippen LogP contribution in [0.15, 0.2) is 66.7 Å². The van der Waals surface area contributed by atoms with Gasteiger partial charge in [0.15, 0.2) is 0 Å². The zero-order valence-electron chi connectivity index (χ0n) is 13.7. The Morgan fingerprint density at radius 1 is 1.00 bits per heavy atom. The molecule has 3 aromatic rings. The van der Waals surface area contributed by atoms with Crippen LogP contribution in [0, 0.1) is 12.7 Å². The lowest BCUT2D eigenvalue weighted by molar-refractivity contribution is 0.0697. The van der Waals surface area contributed by atoms with Crippen LogP contribution in [0.1, 0.15) is 21.5 Å². The van der Waals surface area contributed by atoms with Gasteiger partial charge in [-0.25, -0.2) is 9.18 Å². The van der Waals surface area contributed by atoms with Crippen LogP contribution < -0.4 is 4.74 Å². The molecule has 3 nitrogen and oxygen atoms in total. The molecule has 0 bridgehead atoms. The van der Waals surface area contributed by atoms with Gasteiger partial charge in [-0.2, -0.15) is 0 Å². The fourth-order valence-electron chi connectivity index (χ4n) is 2.63. The van der Waals surface area contributed by atoms with Crippen LogP contribution in [0.2, 0.25) is 0 Å². The van der Waals surface area contributed by atoms with Crippen molar-refractivity contribution in [3.8, 4) is 16.9 Å². The quantitative estimate of drug-likeness (QED) is 0.707. The van der Waals surface area contributed by atoms with Crippen LogP contribution in [0.25, 0.3) is 11.1 Å². The molecule has 4 heteroatoms. The third-order valence-corrected chi connectivity index (χ3v) is 3.94. The molecule has 0 saturated carbocycles. The molecule has 0 aromatic heterocycles. The van der Waals surface area contributed by atoms with Gasteiger partial charge in [0.25, 0.3) is 0 Å². The highest BCUT2D eigenvalue weighted by Crippen LogP contribution is 2.34. The van der Waals surface area contributed by atoms with Crippen molar-refractivity contribution in [3.63, 3.8) is 0 Å². The number of aryl methyl sites for hydroxylation is 1. The van der Waals surface area contributed by atoms with E-state index in [1.165, 1.54) is 12.1 Å². The Balaban J connectivity index is 2.01. The van der Waals surface area contributed by atoms with Crippen molar-refractivity contribution in [1.29, 1.82) is 0 Å². The minimum atomic E-state index is -1.10. The van der Waals surface area contributed by atoms with Crippen LogP contribution in [-0.4, -0.2) is 11.1 Å². The van der Waals surface area contributed by atoms with E-state index in [4.69, 9.17) is 4.74 Å². The normalized spacial score (nSPS) is 10.5. The second kappa shape index (κ2) is 7.18. The first kappa shape index (κ1) is 16.7. The molecule has 0 unspecified atom stereocenters. The minimum absolute atomic E-state index is 0.0506. The lowest BCUT2D eigenvalue weighted by Gasteiger charge is -2.14. The summed E-state index contributed by atoms with van der Waals surface area (Å²) in [6, 6.07) is 19.3. The Hall–Kier alpha value is -3.14. The number of carboxylic acid groups (broad SMARTS) is 1. The molecule has 0 saturated heterocycles. The number of rotatable bonds is 5. The highest BCUT2D eigenvalue weighted by molar-refractivity contribution is 5.97. The fourth-order valence-corrected chi connectivity index (χ4v) is 2.63. The molecule has 1 N–H and O–H groups in total. The molecule has 25 heavy (non-hydrogen) atoms. The third-order valence-electron chi connectivity index (χ3n) is 3.94. The molecule has 0 spiro atoms. The van der Waals surface area contributed by atoms with E-state index in [9.17, 15) is 14.3 Å². The van der Waals surface area contributed by atoms with Gasteiger partial charge in [0.05, 0.1) is 5.56 Å². The van der Waals surface area contributed by atoms with Crippen molar-refractivity contribution in [2.75, 3.05) is 0 Å². The topological polar surface area (TPSA) is 46.5 Å². The number of benzene rings is 3. The Morgan fingerprint density at radius 2 is 1.68 bits per heavy atom. The highest BCUT2D eigenvalue weighted by atomic mass is 19.1. The van der Waals surface area contributed by atoms with Crippen LogP contribution in [0.4, 0.5) is 4.39 Å². The Morgan fingerprint density at radius 3 is 2.40 bits per heavy atom. The van der Waals surface area contributed by atoms with Crippen molar-refractivity contribution in [2.24, 2.45) is 0 Å². The predicted octanol–water partition coefficient (Wildman–Crippen LogP) is 5.08. The second-order valence-corrected chi connectivity index (χ2v) is 5.72. The van der Waals surface area contributed by atoms with E-state index in [1.54, 1.807) is 31.2 Å². The van der Waals surface area contributed by atoms with Gasteiger partial charge in [-0.3, -0.25) is 0 Å². The summed E-state index contributed by atoms with van der Waals surface area (Å²) in [4.78, 5) is 11.6. The van der Waals surface area contributed by atoms with Crippen molar-refractivity contribution in [2.45, 2.75) is 13.5 Å². The average molecular weight is 336 g/mol. The van der Waals surface area contributed by atoms with E-state index in [1.807, 2.05) is 30.3 Å². The molecule has 126 valence electrons. The number of ether oxygens (including phenoxy) is 1. The largest absolute Gasteiger partial charge is 0.488 e. The maximum absolute atomic E-state index is 14.1. The zero-order valence-corrected chi connectivity index (χ0v) is 13.7. The Labute approximate surface area is 145 Å². The summed E-state index contributed by atoms with van der Waals surface area (Å²) in [6.07, 6.45) is 0. The minimum Gasteiger partial charge on any atom is -0.488 e. The van der Waals surface area contributed by atoms with Crippen LogP contribution in [0.3, 0.4) is 0 Å². The van der Waals surface area contributed by atoms with Gasteiger partial charge < -0.3 is 9.84 Å². The van der Waals surface area contributed by atoms with Gasteiger partial charge in [0.2, 0.25) is 0 Å². The molecule has 0 heterocycles. The number of halogens is 1. The van der Waals surface area contributed by atoms with Crippen molar-refractivity contribution in [3.05, 3.63) is 89.2 Å². The maximum atomic E-state index is 14.1. The summed E-state index contributed by atoms with van der Waals surface area (Å²) in [6.45, 7) is 1.89. The standard InChI is InChI=1S/C21H17FO3/c1-14-11-18(21(23)24)17(12-19(14)22)16-9-5-6-10-20(16)25-13-15-7-3-2-4-8-15/h2-12H,13H2,1H3,(H,23,24). The van der Waals surface area contributed by atoms with Gasteiger partial charge in [-0.15, -0.1) is 0 Å². The SMILES string of the molecule is Cc1cc(C(=O)O)c(-c2ccccc2OCc2ccccc2)cc1F. The summed E-state index contributed by atoms with van der Waals surface area (Å²) < 4.78 is 19.9. The van der Waals surface area contributed by atoms with Gasteiger partial charge in [-0.1, -0.05) is 48.5 Å². The molecule has 0 aliphatic heterocycles. The Kier molecular flexibility index (Phi) is 4.80. The van der Waals surface area contributed by atoms with E-state index in [-0.39, 0.29) is 5.56 Å². The van der Waals surface area contributed by atoms with Crippen LogP contribution in [0.5, 0.6) is 5.75 Å². The molecule has 3 rings (SSSR count). The number of hydrogen-bond acceptors (Lipinski definition) is 2. The maximum Gasteiger partial charge on any atom is 0.336 e. The molecule has 0 aliphatic carbocycles. The van der Waals surface area contributed by atoms with Crippen molar-refractivity contribution < 1.29 is 19.0 Å². The number of carboxylic acids is 1. The molecule has 0 fully saturated rings. The van der Waals surface area contributed by atoms with E-state index in [2.05, 4.69) is 0 Å². The van der Waals surface area contributed by atoms with E-state index < -0.39 is 11.8 Å². The summed E-state index contributed by atoms with van der Waals surface area (Å²) in [5, 5.41) is 9.48. The number of para-hydroxylation sites is 1. The molecule has 0 amide bonds. The summed E-state index contributed by atoms with van der Waals surface area (Å²) in [7, 11) is 0. The molecule has 0 radical (unpaired) electrons. The predicted molar refractivity (Wildman–Crippen MR) is 94.3 cm³/mol. The highest BCUT2D eigenvalue weighted by Gasteiger charge is 2.17.